The minimum atomic E-state index is -4.03. The van der Waals surface area contributed by atoms with Crippen molar-refractivity contribution in [2.45, 2.75) is 25.7 Å². The summed E-state index contributed by atoms with van der Waals surface area (Å²) in [6, 6.07) is 10.8. The summed E-state index contributed by atoms with van der Waals surface area (Å²) in [7, 11) is -4.03. The molecule has 2 aromatic rings. The van der Waals surface area contributed by atoms with Crippen LogP contribution in [0.15, 0.2) is 59.0 Å². The van der Waals surface area contributed by atoms with Gasteiger partial charge in [0.1, 0.15) is 4.90 Å². The number of para-hydroxylation sites is 1. The average Bonchev–Trinajstić information content (AvgIpc) is 2.57. The Labute approximate surface area is 158 Å². The van der Waals surface area contributed by atoms with Crippen LogP contribution in [0.25, 0.3) is 0 Å². The van der Waals surface area contributed by atoms with Crippen LogP contribution in [0.3, 0.4) is 0 Å². The first-order chi connectivity index (χ1) is 12.2. The molecule has 0 fully saturated rings. The zero-order valence-electron chi connectivity index (χ0n) is 14.7. The van der Waals surface area contributed by atoms with Crippen molar-refractivity contribution in [3.05, 3.63) is 64.7 Å². The Hall–Kier alpha value is -2.31. The Kier molecular flexibility index (Phi) is 4.82. The SMILES string of the molecule is CC(C)=CCN1C(=O)N(c2cc(Cl)ccc2C)S(=O)(=O)c2ccccc21. The van der Waals surface area contributed by atoms with Gasteiger partial charge in [-0.2, -0.15) is 4.31 Å². The standard InChI is InChI=1S/C19H19ClN2O3S/c1-13(2)10-11-21-16-6-4-5-7-18(16)26(24,25)22(19(21)23)17-12-15(20)9-8-14(17)3/h4-10,12H,11H2,1-3H3. The van der Waals surface area contributed by atoms with Gasteiger partial charge >= 0.3 is 6.03 Å². The molecule has 7 heteroatoms. The highest BCUT2D eigenvalue weighted by molar-refractivity contribution is 7.94. The molecule has 0 aliphatic carbocycles. The van der Waals surface area contributed by atoms with Crippen LogP contribution >= 0.6 is 11.6 Å². The molecule has 0 spiro atoms. The van der Waals surface area contributed by atoms with Gasteiger partial charge in [-0.05, 0) is 50.6 Å². The van der Waals surface area contributed by atoms with Gasteiger partial charge in [-0.25, -0.2) is 13.2 Å². The zero-order valence-corrected chi connectivity index (χ0v) is 16.3. The van der Waals surface area contributed by atoms with Crippen LogP contribution in [0.5, 0.6) is 0 Å². The lowest BCUT2D eigenvalue weighted by Gasteiger charge is -2.36. The molecule has 2 amide bonds. The summed E-state index contributed by atoms with van der Waals surface area (Å²) in [5.74, 6) is 0. The quantitative estimate of drug-likeness (QED) is 0.710. The van der Waals surface area contributed by atoms with Gasteiger partial charge in [0.2, 0.25) is 0 Å². The number of hydrogen-bond acceptors (Lipinski definition) is 3. The number of carbonyl (C=O) groups is 1. The number of aryl methyl sites for hydroxylation is 1. The molecule has 26 heavy (non-hydrogen) atoms. The van der Waals surface area contributed by atoms with Crippen LogP contribution in [0.1, 0.15) is 19.4 Å². The molecule has 1 aliphatic rings. The van der Waals surface area contributed by atoms with Gasteiger partial charge in [-0.1, -0.05) is 41.4 Å². The lowest BCUT2D eigenvalue weighted by atomic mass is 10.2. The lowest BCUT2D eigenvalue weighted by Crippen LogP contribution is -2.51. The van der Waals surface area contributed by atoms with Crippen molar-refractivity contribution in [1.29, 1.82) is 0 Å². The van der Waals surface area contributed by atoms with E-state index in [0.717, 1.165) is 9.88 Å². The van der Waals surface area contributed by atoms with E-state index in [2.05, 4.69) is 0 Å². The van der Waals surface area contributed by atoms with Crippen molar-refractivity contribution < 1.29 is 13.2 Å². The second-order valence-corrected chi connectivity index (χ2v) is 8.53. The summed E-state index contributed by atoms with van der Waals surface area (Å²) in [4.78, 5) is 14.7. The number of nitrogens with zero attached hydrogens (tertiary/aromatic N) is 2. The van der Waals surface area contributed by atoms with Gasteiger partial charge in [0.25, 0.3) is 10.0 Å². The molecule has 0 saturated carbocycles. The fourth-order valence-corrected chi connectivity index (χ4v) is 4.61. The normalized spacial score (nSPS) is 15.6. The van der Waals surface area contributed by atoms with Gasteiger partial charge in [-0.15, -0.1) is 0 Å². The molecule has 0 unspecified atom stereocenters. The Morgan fingerprint density at radius 2 is 1.81 bits per heavy atom. The highest BCUT2D eigenvalue weighted by atomic mass is 35.5. The fraction of sp³-hybridized carbons (Fsp3) is 0.211. The van der Waals surface area contributed by atoms with E-state index in [4.69, 9.17) is 11.6 Å². The molecule has 1 heterocycles. The molecule has 0 bridgehead atoms. The molecule has 136 valence electrons. The monoisotopic (exact) mass is 390 g/mol. The lowest BCUT2D eigenvalue weighted by molar-refractivity contribution is 0.254. The number of sulfonamides is 1. The van der Waals surface area contributed by atoms with Gasteiger partial charge in [-0.3, -0.25) is 4.90 Å². The summed E-state index contributed by atoms with van der Waals surface area (Å²) in [6.45, 7) is 5.88. The first-order valence-electron chi connectivity index (χ1n) is 8.09. The molecule has 0 atom stereocenters. The van der Waals surface area contributed by atoms with Crippen LogP contribution in [0, 0.1) is 6.92 Å². The number of hydrogen-bond donors (Lipinski definition) is 0. The van der Waals surface area contributed by atoms with Crippen molar-refractivity contribution in [3.8, 4) is 0 Å². The molecule has 0 N–H and O–H groups in total. The van der Waals surface area contributed by atoms with E-state index in [1.165, 1.54) is 17.0 Å². The zero-order chi connectivity index (χ0) is 19.1. The van der Waals surface area contributed by atoms with E-state index in [1.54, 1.807) is 37.3 Å². The number of rotatable bonds is 3. The highest BCUT2D eigenvalue weighted by Gasteiger charge is 2.42. The molecule has 0 radical (unpaired) electrons. The van der Waals surface area contributed by atoms with E-state index in [9.17, 15) is 13.2 Å². The van der Waals surface area contributed by atoms with Gasteiger partial charge in [0, 0.05) is 11.6 Å². The van der Waals surface area contributed by atoms with Crippen LogP contribution in [0.2, 0.25) is 5.02 Å². The summed E-state index contributed by atoms with van der Waals surface area (Å²) in [5, 5.41) is 0.364. The maximum absolute atomic E-state index is 13.2. The van der Waals surface area contributed by atoms with E-state index >= 15 is 0 Å². The molecule has 0 saturated heterocycles. The van der Waals surface area contributed by atoms with Gasteiger partial charge in [0.05, 0.1) is 11.4 Å². The second-order valence-electron chi connectivity index (χ2n) is 6.34. The van der Waals surface area contributed by atoms with Crippen LogP contribution in [-0.2, 0) is 10.0 Å². The minimum Gasteiger partial charge on any atom is -0.288 e. The summed E-state index contributed by atoms with van der Waals surface area (Å²) < 4.78 is 27.2. The highest BCUT2D eigenvalue weighted by Crippen LogP contribution is 2.38. The number of carbonyl (C=O) groups excluding carboxylic acids is 1. The summed E-state index contributed by atoms with van der Waals surface area (Å²) in [6.07, 6.45) is 1.88. The number of urea groups is 1. The van der Waals surface area contributed by atoms with E-state index in [-0.39, 0.29) is 17.1 Å². The topological polar surface area (TPSA) is 57.7 Å². The Morgan fingerprint density at radius 1 is 1.12 bits per heavy atom. The molecule has 1 aliphatic heterocycles. The minimum absolute atomic E-state index is 0.0983. The summed E-state index contributed by atoms with van der Waals surface area (Å²) >= 11 is 6.06. The Bertz CT molecular complexity index is 1010. The third-order valence-electron chi connectivity index (χ3n) is 4.15. The van der Waals surface area contributed by atoms with Crippen molar-refractivity contribution in [2.24, 2.45) is 0 Å². The number of fused-ring (bicyclic) bond motifs is 1. The maximum atomic E-state index is 13.2. The molecular formula is C19H19ClN2O3S. The van der Waals surface area contributed by atoms with E-state index < -0.39 is 16.1 Å². The van der Waals surface area contributed by atoms with Crippen LogP contribution < -0.4 is 9.21 Å². The van der Waals surface area contributed by atoms with Crippen molar-refractivity contribution in [3.63, 3.8) is 0 Å². The van der Waals surface area contributed by atoms with Gasteiger partial charge in [0.15, 0.2) is 0 Å². The van der Waals surface area contributed by atoms with Crippen LogP contribution in [0.4, 0.5) is 16.2 Å². The molecule has 0 aromatic heterocycles. The number of amides is 2. The van der Waals surface area contributed by atoms with Gasteiger partial charge < -0.3 is 0 Å². The summed E-state index contributed by atoms with van der Waals surface area (Å²) in [5.41, 5.74) is 2.33. The van der Waals surface area contributed by atoms with Crippen molar-refractivity contribution in [1.82, 2.24) is 0 Å². The number of halogens is 1. The molecule has 5 nitrogen and oxygen atoms in total. The smallest absolute Gasteiger partial charge is 0.288 e. The third kappa shape index (κ3) is 3.10. The molecular weight excluding hydrogens is 372 g/mol. The Balaban J connectivity index is 2.25. The first kappa shape index (κ1) is 18.5. The number of anilines is 2. The maximum Gasteiger partial charge on any atom is 0.343 e. The van der Waals surface area contributed by atoms with E-state index in [0.29, 0.717) is 16.3 Å². The number of allylic oxidation sites excluding steroid dienone is 1. The predicted molar refractivity (Wildman–Crippen MR) is 104 cm³/mol. The van der Waals surface area contributed by atoms with Crippen molar-refractivity contribution >= 4 is 39.0 Å². The number of benzene rings is 2. The predicted octanol–water partition coefficient (Wildman–Crippen LogP) is 4.75. The van der Waals surface area contributed by atoms with E-state index in [1.807, 2.05) is 19.9 Å². The second kappa shape index (κ2) is 6.78. The van der Waals surface area contributed by atoms with Crippen LogP contribution in [-0.4, -0.2) is 21.0 Å². The fourth-order valence-electron chi connectivity index (χ4n) is 2.80. The van der Waals surface area contributed by atoms with Crippen molar-refractivity contribution in [2.75, 3.05) is 15.7 Å². The third-order valence-corrected chi connectivity index (χ3v) is 6.12. The first-order valence-corrected chi connectivity index (χ1v) is 9.90. The Morgan fingerprint density at radius 3 is 2.50 bits per heavy atom. The largest absolute Gasteiger partial charge is 0.343 e. The molecule has 2 aromatic carbocycles. The average molecular weight is 391 g/mol. The molecule has 3 rings (SSSR count).